The first-order valence-corrected chi connectivity index (χ1v) is 5.51. The molecule has 0 aliphatic heterocycles. The van der Waals surface area contributed by atoms with Gasteiger partial charge in [-0.15, -0.1) is 0 Å². The molecule has 1 aromatic rings. The van der Waals surface area contributed by atoms with Crippen molar-refractivity contribution in [3.8, 4) is 0 Å². The van der Waals surface area contributed by atoms with Crippen LogP contribution in [0.3, 0.4) is 0 Å². The number of nitrogens with zero attached hydrogens (tertiary/aromatic N) is 1. The Morgan fingerprint density at radius 1 is 1.33 bits per heavy atom. The fraction of sp³-hybridized carbons (Fsp3) is 0.545. The van der Waals surface area contributed by atoms with Crippen LogP contribution in [0, 0.1) is 5.92 Å². The highest BCUT2D eigenvalue weighted by Gasteiger charge is 2.16. The van der Waals surface area contributed by atoms with E-state index in [0.29, 0.717) is 11.5 Å². The highest BCUT2D eigenvalue weighted by molar-refractivity contribution is 5.61. The molecule has 2 rings (SSSR count). The standard InChI is InChI=1S/C11H18N4/c12-9-4-5-10(15-11(9)13)14-7-6-8-2-1-3-8/h4-5,8H,1-3,6-7,12H2,(H3,13,14,15). The molecule has 1 fully saturated rings. The molecule has 1 aliphatic rings. The summed E-state index contributed by atoms with van der Waals surface area (Å²) < 4.78 is 0. The Morgan fingerprint density at radius 3 is 2.73 bits per heavy atom. The average Bonchev–Trinajstić information content (AvgIpc) is 2.15. The molecule has 0 amide bonds. The zero-order chi connectivity index (χ0) is 10.7. The lowest BCUT2D eigenvalue weighted by Gasteiger charge is -2.25. The third-order valence-corrected chi connectivity index (χ3v) is 3.04. The maximum atomic E-state index is 5.61. The molecule has 5 N–H and O–H groups in total. The maximum Gasteiger partial charge on any atom is 0.149 e. The maximum absolute atomic E-state index is 5.61. The van der Waals surface area contributed by atoms with E-state index in [1.807, 2.05) is 6.07 Å². The first-order chi connectivity index (χ1) is 7.25. The molecule has 1 heterocycles. The van der Waals surface area contributed by atoms with Crippen LogP contribution in [0.15, 0.2) is 12.1 Å². The Bertz CT molecular complexity index is 333. The topological polar surface area (TPSA) is 77.0 Å². The molecular weight excluding hydrogens is 188 g/mol. The molecule has 4 heteroatoms. The van der Waals surface area contributed by atoms with Gasteiger partial charge >= 0.3 is 0 Å². The molecule has 0 aromatic carbocycles. The molecule has 15 heavy (non-hydrogen) atoms. The van der Waals surface area contributed by atoms with Crippen LogP contribution in [-0.2, 0) is 0 Å². The number of aromatic nitrogens is 1. The van der Waals surface area contributed by atoms with Crippen molar-refractivity contribution in [2.24, 2.45) is 5.92 Å². The van der Waals surface area contributed by atoms with Crippen molar-refractivity contribution < 1.29 is 0 Å². The van der Waals surface area contributed by atoms with Crippen molar-refractivity contribution in [1.82, 2.24) is 4.98 Å². The predicted octanol–water partition coefficient (Wildman–Crippen LogP) is 1.85. The van der Waals surface area contributed by atoms with Crippen molar-refractivity contribution >= 4 is 17.3 Å². The zero-order valence-electron chi connectivity index (χ0n) is 8.87. The number of hydrogen-bond acceptors (Lipinski definition) is 4. The van der Waals surface area contributed by atoms with Gasteiger partial charge in [0.25, 0.3) is 0 Å². The normalized spacial score (nSPS) is 16.0. The van der Waals surface area contributed by atoms with Gasteiger partial charge in [0.1, 0.15) is 11.6 Å². The van der Waals surface area contributed by atoms with Crippen molar-refractivity contribution in [1.29, 1.82) is 0 Å². The molecule has 1 aromatic heterocycles. The van der Waals surface area contributed by atoms with E-state index >= 15 is 0 Å². The van der Waals surface area contributed by atoms with Crippen molar-refractivity contribution in [3.63, 3.8) is 0 Å². The first kappa shape index (κ1) is 10.1. The lowest BCUT2D eigenvalue weighted by molar-refractivity contribution is 0.303. The molecule has 0 spiro atoms. The Hall–Kier alpha value is -1.45. The number of rotatable bonds is 4. The van der Waals surface area contributed by atoms with Crippen LogP contribution in [0.2, 0.25) is 0 Å². The summed E-state index contributed by atoms with van der Waals surface area (Å²) in [6.07, 6.45) is 5.40. The Labute approximate surface area is 90.1 Å². The largest absolute Gasteiger partial charge is 0.396 e. The molecule has 82 valence electrons. The molecule has 0 unspecified atom stereocenters. The molecule has 4 nitrogen and oxygen atoms in total. The van der Waals surface area contributed by atoms with E-state index in [9.17, 15) is 0 Å². The van der Waals surface area contributed by atoms with E-state index in [4.69, 9.17) is 11.5 Å². The van der Waals surface area contributed by atoms with E-state index in [0.717, 1.165) is 18.3 Å². The summed E-state index contributed by atoms with van der Waals surface area (Å²) in [7, 11) is 0. The summed E-state index contributed by atoms with van der Waals surface area (Å²) >= 11 is 0. The van der Waals surface area contributed by atoms with E-state index in [1.54, 1.807) is 6.07 Å². The minimum absolute atomic E-state index is 0.406. The van der Waals surface area contributed by atoms with E-state index in [2.05, 4.69) is 10.3 Å². The zero-order valence-corrected chi connectivity index (χ0v) is 8.87. The van der Waals surface area contributed by atoms with Crippen LogP contribution in [0.4, 0.5) is 17.3 Å². The lowest BCUT2D eigenvalue weighted by Crippen LogP contribution is -2.16. The molecule has 0 radical (unpaired) electrons. The van der Waals surface area contributed by atoms with Gasteiger partial charge in [-0.05, 0) is 24.5 Å². The van der Waals surface area contributed by atoms with Crippen molar-refractivity contribution in [2.45, 2.75) is 25.7 Å². The van der Waals surface area contributed by atoms with Gasteiger partial charge in [0, 0.05) is 6.54 Å². The molecule has 0 saturated heterocycles. The number of nitrogens with one attached hydrogen (secondary N) is 1. The van der Waals surface area contributed by atoms with Gasteiger partial charge in [-0.3, -0.25) is 0 Å². The van der Waals surface area contributed by atoms with Crippen molar-refractivity contribution in [2.75, 3.05) is 23.3 Å². The predicted molar refractivity (Wildman–Crippen MR) is 63.5 cm³/mol. The second-order valence-electron chi connectivity index (χ2n) is 4.18. The summed E-state index contributed by atoms with van der Waals surface area (Å²) in [4.78, 5) is 4.16. The second kappa shape index (κ2) is 4.38. The summed E-state index contributed by atoms with van der Waals surface area (Å²) in [6.45, 7) is 0.973. The first-order valence-electron chi connectivity index (χ1n) is 5.51. The van der Waals surface area contributed by atoms with Crippen LogP contribution in [0.25, 0.3) is 0 Å². The lowest BCUT2D eigenvalue weighted by atomic mass is 9.83. The van der Waals surface area contributed by atoms with Gasteiger partial charge in [0.05, 0.1) is 5.69 Å². The number of nitrogens with two attached hydrogens (primary N) is 2. The summed E-state index contributed by atoms with van der Waals surface area (Å²) in [5, 5.41) is 3.27. The third kappa shape index (κ3) is 2.52. The third-order valence-electron chi connectivity index (χ3n) is 3.04. The molecule has 0 atom stereocenters. The van der Waals surface area contributed by atoms with Crippen molar-refractivity contribution in [3.05, 3.63) is 12.1 Å². The van der Waals surface area contributed by atoms with Crippen LogP contribution in [-0.4, -0.2) is 11.5 Å². The Morgan fingerprint density at radius 2 is 2.13 bits per heavy atom. The molecule has 1 saturated carbocycles. The van der Waals surface area contributed by atoms with Gasteiger partial charge < -0.3 is 16.8 Å². The van der Waals surface area contributed by atoms with Crippen LogP contribution < -0.4 is 16.8 Å². The number of nitrogen functional groups attached to an aromatic ring is 2. The Balaban J connectivity index is 1.79. The minimum Gasteiger partial charge on any atom is -0.396 e. The highest BCUT2D eigenvalue weighted by Crippen LogP contribution is 2.29. The minimum atomic E-state index is 0.406. The Kier molecular flexibility index (Phi) is 2.94. The van der Waals surface area contributed by atoms with Gasteiger partial charge in [0.2, 0.25) is 0 Å². The van der Waals surface area contributed by atoms with E-state index in [1.165, 1.54) is 25.7 Å². The highest BCUT2D eigenvalue weighted by atomic mass is 15.0. The fourth-order valence-corrected chi connectivity index (χ4v) is 1.77. The monoisotopic (exact) mass is 206 g/mol. The van der Waals surface area contributed by atoms with Crippen LogP contribution >= 0.6 is 0 Å². The van der Waals surface area contributed by atoms with Gasteiger partial charge in [-0.2, -0.15) is 0 Å². The van der Waals surface area contributed by atoms with Gasteiger partial charge in [-0.1, -0.05) is 19.3 Å². The average molecular weight is 206 g/mol. The second-order valence-corrected chi connectivity index (χ2v) is 4.18. The molecule has 1 aliphatic carbocycles. The van der Waals surface area contributed by atoms with Crippen LogP contribution in [0.5, 0.6) is 0 Å². The van der Waals surface area contributed by atoms with E-state index < -0.39 is 0 Å². The summed E-state index contributed by atoms with van der Waals surface area (Å²) in [6, 6.07) is 3.65. The van der Waals surface area contributed by atoms with Crippen LogP contribution in [0.1, 0.15) is 25.7 Å². The summed E-state index contributed by atoms with van der Waals surface area (Å²) in [5.41, 5.74) is 11.7. The van der Waals surface area contributed by atoms with E-state index in [-0.39, 0.29) is 0 Å². The number of hydrogen-bond donors (Lipinski definition) is 3. The fourth-order valence-electron chi connectivity index (χ4n) is 1.77. The smallest absolute Gasteiger partial charge is 0.149 e. The van der Waals surface area contributed by atoms with Gasteiger partial charge in [-0.25, -0.2) is 4.98 Å². The van der Waals surface area contributed by atoms with Gasteiger partial charge in [0.15, 0.2) is 0 Å². The molecular formula is C11H18N4. The summed E-state index contributed by atoms with van der Waals surface area (Å²) in [5.74, 6) is 2.15. The number of anilines is 3. The molecule has 0 bridgehead atoms. The number of pyridine rings is 1. The quantitative estimate of drug-likeness (QED) is 0.702. The SMILES string of the molecule is Nc1ccc(NCCC2CCC2)nc1N.